The third-order valence-electron chi connectivity index (χ3n) is 2.80. The summed E-state index contributed by atoms with van der Waals surface area (Å²) in [7, 11) is 0. The minimum Gasteiger partial charge on any atom is -0.324 e. The highest BCUT2D eigenvalue weighted by Gasteiger charge is 2.09. The van der Waals surface area contributed by atoms with Crippen LogP contribution in [0.15, 0.2) is 42.5 Å². The van der Waals surface area contributed by atoms with Crippen LogP contribution in [-0.4, -0.2) is 16.0 Å². The van der Waals surface area contributed by atoms with Crippen molar-refractivity contribution >= 4 is 51.9 Å². The quantitative estimate of drug-likeness (QED) is 0.650. The van der Waals surface area contributed by atoms with E-state index in [0.29, 0.717) is 21.7 Å². The van der Waals surface area contributed by atoms with Gasteiger partial charge in [-0.25, -0.2) is 9.78 Å². The second kappa shape index (κ2) is 5.63. The molecule has 0 saturated heterocycles. The van der Waals surface area contributed by atoms with E-state index in [-0.39, 0.29) is 0 Å². The Bertz CT molecular complexity index is 783. The van der Waals surface area contributed by atoms with Crippen molar-refractivity contribution in [3.63, 3.8) is 0 Å². The van der Waals surface area contributed by atoms with E-state index in [9.17, 15) is 4.79 Å². The Labute approximate surface area is 130 Å². The number of H-pyrrole nitrogens is 1. The van der Waals surface area contributed by atoms with Gasteiger partial charge in [0.05, 0.1) is 21.7 Å². The third kappa shape index (κ3) is 3.09. The van der Waals surface area contributed by atoms with Gasteiger partial charge in [0.15, 0.2) is 0 Å². The fraction of sp³-hybridized carbons (Fsp3) is 0. The van der Waals surface area contributed by atoms with Crippen molar-refractivity contribution in [1.82, 2.24) is 9.97 Å². The number of carbonyl (C=O) groups is 1. The first-order valence-corrected chi connectivity index (χ1v) is 6.85. The molecule has 1 heterocycles. The summed E-state index contributed by atoms with van der Waals surface area (Å²) >= 11 is 11.8. The van der Waals surface area contributed by atoms with Crippen molar-refractivity contribution in [2.75, 3.05) is 10.6 Å². The van der Waals surface area contributed by atoms with Crippen LogP contribution in [0.25, 0.3) is 11.0 Å². The third-order valence-corrected chi connectivity index (χ3v) is 3.35. The van der Waals surface area contributed by atoms with E-state index in [4.69, 9.17) is 23.2 Å². The summed E-state index contributed by atoms with van der Waals surface area (Å²) in [6.45, 7) is 0. The van der Waals surface area contributed by atoms with Gasteiger partial charge in [0, 0.05) is 5.02 Å². The zero-order valence-corrected chi connectivity index (χ0v) is 12.2. The minimum atomic E-state index is -0.446. The zero-order valence-electron chi connectivity index (χ0n) is 10.7. The van der Waals surface area contributed by atoms with Gasteiger partial charge in [-0.05, 0) is 30.3 Å². The second-order valence-corrected chi connectivity index (χ2v) is 5.15. The van der Waals surface area contributed by atoms with Gasteiger partial charge < -0.3 is 10.3 Å². The van der Waals surface area contributed by atoms with E-state index in [1.807, 2.05) is 24.3 Å². The average molecular weight is 321 g/mol. The van der Waals surface area contributed by atoms with Crippen LogP contribution in [0, 0.1) is 0 Å². The Balaban J connectivity index is 1.74. The summed E-state index contributed by atoms with van der Waals surface area (Å²) in [6.07, 6.45) is 0. The predicted octanol–water partition coefficient (Wildman–Crippen LogP) is 4.51. The second-order valence-electron chi connectivity index (χ2n) is 4.31. The number of aromatic nitrogens is 2. The number of hydrogen-bond acceptors (Lipinski definition) is 2. The van der Waals surface area contributed by atoms with E-state index in [2.05, 4.69) is 20.6 Å². The molecule has 0 spiro atoms. The van der Waals surface area contributed by atoms with Gasteiger partial charge >= 0.3 is 6.03 Å². The monoisotopic (exact) mass is 320 g/mol. The van der Waals surface area contributed by atoms with Gasteiger partial charge in [-0.1, -0.05) is 35.3 Å². The number of benzene rings is 2. The fourth-order valence-electron chi connectivity index (χ4n) is 1.86. The maximum Gasteiger partial charge on any atom is 0.326 e. The van der Waals surface area contributed by atoms with Crippen LogP contribution in [0.3, 0.4) is 0 Å². The zero-order chi connectivity index (χ0) is 14.8. The Morgan fingerprint density at radius 1 is 1.10 bits per heavy atom. The Kier molecular flexibility index (Phi) is 3.68. The van der Waals surface area contributed by atoms with E-state index < -0.39 is 6.03 Å². The number of hydrogen-bond donors (Lipinski definition) is 3. The van der Waals surface area contributed by atoms with Crippen LogP contribution < -0.4 is 10.6 Å². The summed E-state index contributed by atoms with van der Waals surface area (Å²) in [5.41, 5.74) is 2.09. The molecule has 1 aromatic heterocycles. The molecule has 3 rings (SSSR count). The lowest BCUT2D eigenvalue weighted by molar-refractivity contribution is 0.262. The normalized spacial score (nSPS) is 10.6. The van der Waals surface area contributed by atoms with Crippen LogP contribution in [0.2, 0.25) is 10.0 Å². The van der Waals surface area contributed by atoms with Crippen LogP contribution in [0.4, 0.5) is 16.4 Å². The molecule has 0 bridgehead atoms. The first-order valence-electron chi connectivity index (χ1n) is 6.09. The molecule has 3 aromatic rings. The summed E-state index contributed by atoms with van der Waals surface area (Å²) in [5, 5.41) is 6.11. The van der Waals surface area contributed by atoms with Crippen LogP contribution in [0.5, 0.6) is 0 Å². The van der Waals surface area contributed by atoms with Crippen molar-refractivity contribution in [2.24, 2.45) is 0 Å². The molecule has 0 unspecified atom stereocenters. The standard InChI is InChI=1S/C14H10Cl2N4O/c15-8-5-6-10(9(16)7-8)19-14(21)20-13-17-11-3-1-2-4-12(11)18-13/h1-7H,(H3,17,18,19,20,21). The van der Waals surface area contributed by atoms with Gasteiger partial charge in [-0.3, -0.25) is 5.32 Å². The smallest absolute Gasteiger partial charge is 0.324 e. The molecule has 0 radical (unpaired) electrons. The number of anilines is 2. The van der Waals surface area contributed by atoms with E-state index in [0.717, 1.165) is 11.0 Å². The SMILES string of the molecule is O=C(Nc1nc2ccccc2[nH]1)Nc1ccc(Cl)cc1Cl. The first kappa shape index (κ1) is 13.7. The summed E-state index contributed by atoms with van der Waals surface area (Å²) in [4.78, 5) is 19.2. The Morgan fingerprint density at radius 3 is 2.67 bits per heavy atom. The predicted molar refractivity (Wildman–Crippen MR) is 85.2 cm³/mol. The maximum absolute atomic E-state index is 11.9. The van der Waals surface area contributed by atoms with Gasteiger partial charge in [0.25, 0.3) is 0 Å². The molecule has 21 heavy (non-hydrogen) atoms. The number of halogens is 2. The molecule has 7 heteroatoms. The molecule has 0 atom stereocenters. The van der Waals surface area contributed by atoms with E-state index in [1.54, 1.807) is 18.2 Å². The minimum absolute atomic E-state index is 0.360. The number of aromatic amines is 1. The van der Waals surface area contributed by atoms with Crippen molar-refractivity contribution < 1.29 is 4.79 Å². The Hall–Kier alpha value is -2.24. The molecule has 0 saturated carbocycles. The number of urea groups is 1. The molecule has 5 nitrogen and oxygen atoms in total. The maximum atomic E-state index is 11.9. The number of imidazole rings is 1. The van der Waals surface area contributed by atoms with Crippen LogP contribution in [0.1, 0.15) is 0 Å². The van der Waals surface area contributed by atoms with E-state index >= 15 is 0 Å². The number of rotatable bonds is 2. The molecular weight excluding hydrogens is 311 g/mol. The van der Waals surface area contributed by atoms with Crippen LogP contribution >= 0.6 is 23.2 Å². The molecule has 2 aromatic carbocycles. The first-order chi connectivity index (χ1) is 10.1. The van der Waals surface area contributed by atoms with Crippen molar-refractivity contribution in [3.8, 4) is 0 Å². The van der Waals surface area contributed by atoms with Gasteiger partial charge in [0.2, 0.25) is 5.95 Å². The molecule has 0 aliphatic heterocycles. The number of amides is 2. The summed E-state index contributed by atoms with van der Waals surface area (Å²) in [5.74, 6) is 0.360. The van der Waals surface area contributed by atoms with Crippen molar-refractivity contribution in [3.05, 3.63) is 52.5 Å². The summed E-state index contributed by atoms with van der Waals surface area (Å²) < 4.78 is 0. The number of nitrogens with zero attached hydrogens (tertiary/aromatic N) is 1. The number of carbonyl (C=O) groups excluding carboxylic acids is 1. The summed E-state index contributed by atoms with van der Waals surface area (Å²) in [6, 6.07) is 11.9. The molecule has 0 fully saturated rings. The average Bonchev–Trinajstić information content (AvgIpc) is 2.84. The number of para-hydroxylation sites is 2. The van der Waals surface area contributed by atoms with Gasteiger partial charge in [0.1, 0.15) is 0 Å². The molecule has 0 aliphatic carbocycles. The Morgan fingerprint density at radius 2 is 1.90 bits per heavy atom. The number of fused-ring (bicyclic) bond motifs is 1. The van der Waals surface area contributed by atoms with Crippen molar-refractivity contribution in [2.45, 2.75) is 0 Å². The lowest BCUT2D eigenvalue weighted by Gasteiger charge is -2.07. The molecule has 3 N–H and O–H groups in total. The molecular formula is C14H10Cl2N4O. The van der Waals surface area contributed by atoms with Crippen LogP contribution in [-0.2, 0) is 0 Å². The largest absolute Gasteiger partial charge is 0.326 e. The highest BCUT2D eigenvalue weighted by Crippen LogP contribution is 2.25. The van der Waals surface area contributed by atoms with E-state index in [1.165, 1.54) is 0 Å². The molecule has 106 valence electrons. The van der Waals surface area contributed by atoms with Gasteiger partial charge in [-0.15, -0.1) is 0 Å². The molecule has 0 aliphatic rings. The lowest BCUT2D eigenvalue weighted by atomic mass is 10.3. The van der Waals surface area contributed by atoms with Crippen molar-refractivity contribution in [1.29, 1.82) is 0 Å². The number of nitrogens with one attached hydrogen (secondary N) is 3. The highest BCUT2D eigenvalue weighted by atomic mass is 35.5. The lowest BCUT2D eigenvalue weighted by Crippen LogP contribution is -2.20. The topological polar surface area (TPSA) is 69.8 Å². The molecule has 2 amide bonds. The van der Waals surface area contributed by atoms with Gasteiger partial charge in [-0.2, -0.15) is 0 Å². The highest BCUT2D eigenvalue weighted by molar-refractivity contribution is 6.36. The fourth-order valence-corrected chi connectivity index (χ4v) is 2.32.